The third-order valence-corrected chi connectivity index (χ3v) is 5.05. The fourth-order valence-electron chi connectivity index (χ4n) is 2.10. The second-order valence-corrected chi connectivity index (χ2v) is 7.41. The summed E-state index contributed by atoms with van der Waals surface area (Å²) in [4.78, 5) is 0. The third kappa shape index (κ3) is 6.02. The number of halogens is 4. The molecule has 2 aromatic carbocycles. The number of rotatable bonds is 6. The van der Waals surface area contributed by atoms with Crippen LogP contribution in [0.1, 0.15) is 11.1 Å². The van der Waals surface area contributed by atoms with E-state index in [2.05, 4.69) is 4.74 Å². The fraction of sp³-hybridized carbons (Fsp3) is 0.250. The molecule has 9 heteroatoms. The Morgan fingerprint density at radius 2 is 1.68 bits per heavy atom. The summed E-state index contributed by atoms with van der Waals surface area (Å²) >= 11 is 0. The SMILES string of the molecule is CN(Cc1ccc(OC(F)(F)F)cc1)S(=O)(=O)Cc1cccc(F)c1. The quantitative estimate of drug-likeness (QED) is 0.722. The predicted octanol–water partition coefficient (Wildman–Crippen LogP) is 3.69. The van der Waals surface area contributed by atoms with Crippen LogP contribution in [0.25, 0.3) is 0 Å². The molecule has 4 nitrogen and oxygen atoms in total. The zero-order valence-corrected chi connectivity index (χ0v) is 13.9. The molecule has 2 rings (SSSR count). The van der Waals surface area contributed by atoms with E-state index in [4.69, 9.17) is 0 Å². The highest BCUT2D eigenvalue weighted by atomic mass is 32.2. The summed E-state index contributed by atoms with van der Waals surface area (Å²) in [5.41, 5.74) is 0.792. The first-order valence-corrected chi connectivity index (χ1v) is 8.69. The Balaban J connectivity index is 2.04. The molecule has 0 amide bonds. The number of hydrogen-bond acceptors (Lipinski definition) is 3. The molecule has 0 unspecified atom stereocenters. The number of nitrogens with zero attached hydrogens (tertiary/aromatic N) is 1. The van der Waals surface area contributed by atoms with Crippen LogP contribution < -0.4 is 4.74 Å². The third-order valence-electron chi connectivity index (χ3n) is 3.28. The van der Waals surface area contributed by atoms with Crippen LogP contribution >= 0.6 is 0 Å². The molecular formula is C16H15F4NO3S. The van der Waals surface area contributed by atoms with Gasteiger partial charge in [-0.2, -0.15) is 0 Å². The smallest absolute Gasteiger partial charge is 0.406 e. The van der Waals surface area contributed by atoms with Crippen molar-refractivity contribution in [2.45, 2.75) is 18.7 Å². The maximum atomic E-state index is 13.1. The van der Waals surface area contributed by atoms with Crippen LogP contribution in [-0.4, -0.2) is 26.1 Å². The zero-order valence-electron chi connectivity index (χ0n) is 13.1. The topological polar surface area (TPSA) is 46.6 Å². The molecule has 0 saturated carbocycles. The van der Waals surface area contributed by atoms with Gasteiger partial charge in [0.15, 0.2) is 0 Å². The highest BCUT2D eigenvalue weighted by Crippen LogP contribution is 2.23. The first-order chi connectivity index (χ1) is 11.5. The van der Waals surface area contributed by atoms with Crippen LogP contribution in [0.5, 0.6) is 5.75 Å². The Kier molecular flexibility index (Phi) is 5.69. The van der Waals surface area contributed by atoms with Crippen molar-refractivity contribution in [1.29, 1.82) is 0 Å². The van der Waals surface area contributed by atoms with Gasteiger partial charge in [0, 0.05) is 13.6 Å². The lowest BCUT2D eigenvalue weighted by atomic mass is 10.2. The summed E-state index contributed by atoms with van der Waals surface area (Å²) in [6.07, 6.45) is -4.79. The van der Waals surface area contributed by atoms with Crippen LogP contribution in [0.15, 0.2) is 48.5 Å². The Morgan fingerprint density at radius 3 is 2.24 bits per heavy atom. The Bertz CT molecular complexity index is 820. The standard InChI is InChI=1S/C16H15F4NO3S/c1-21(25(22,23)11-13-3-2-4-14(17)9-13)10-12-5-7-15(8-6-12)24-16(18,19)20/h2-9H,10-11H2,1H3. The van der Waals surface area contributed by atoms with Crippen molar-refractivity contribution < 1.29 is 30.7 Å². The number of sulfonamides is 1. The molecule has 136 valence electrons. The molecular weight excluding hydrogens is 362 g/mol. The summed E-state index contributed by atoms with van der Waals surface area (Å²) in [6.45, 7) is -0.0378. The van der Waals surface area contributed by atoms with E-state index >= 15 is 0 Å². The Hall–Kier alpha value is -2.13. The molecule has 0 bridgehead atoms. The van der Waals surface area contributed by atoms with Crippen LogP contribution in [0.3, 0.4) is 0 Å². The van der Waals surface area contributed by atoms with Gasteiger partial charge in [0.05, 0.1) is 5.75 Å². The summed E-state index contributed by atoms with van der Waals surface area (Å²) in [5, 5.41) is 0. The molecule has 0 saturated heterocycles. The molecule has 25 heavy (non-hydrogen) atoms. The van der Waals surface area contributed by atoms with E-state index in [-0.39, 0.29) is 18.0 Å². The molecule has 0 radical (unpaired) electrons. The molecule has 0 aliphatic carbocycles. The van der Waals surface area contributed by atoms with E-state index in [1.807, 2.05) is 0 Å². The van der Waals surface area contributed by atoms with E-state index in [0.29, 0.717) is 11.1 Å². The van der Waals surface area contributed by atoms with Crippen molar-refractivity contribution in [1.82, 2.24) is 4.31 Å². The molecule has 0 aromatic heterocycles. The molecule has 0 aliphatic heterocycles. The summed E-state index contributed by atoms with van der Waals surface area (Å²) in [5.74, 6) is -1.30. The van der Waals surface area contributed by atoms with Crippen molar-refractivity contribution in [2.75, 3.05) is 7.05 Å². The average Bonchev–Trinajstić information content (AvgIpc) is 2.47. The number of alkyl halides is 3. The van der Waals surface area contributed by atoms with Crippen molar-refractivity contribution in [2.24, 2.45) is 0 Å². The fourth-order valence-corrected chi connectivity index (χ4v) is 3.27. The number of hydrogen-bond donors (Lipinski definition) is 0. The molecule has 0 heterocycles. The van der Waals surface area contributed by atoms with Crippen molar-refractivity contribution in [3.8, 4) is 5.75 Å². The van der Waals surface area contributed by atoms with Gasteiger partial charge in [0.1, 0.15) is 11.6 Å². The van der Waals surface area contributed by atoms with Gasteiger partial charge < -0.3 is 4.74 Å². The van der Waals surface area contributed by atoms with E-state index in [1.165, 1.54) is 37.4 Å². The normalized spacial score (nSPS) is 12.4. The minimum absolute atomic E-state index is 0.0378. The van der Waals surface area contributed by atoms with Gasteiger partial charge >= 0.3 is 6.36 Å². The van der Waals surface area contributed by atoms with Gasteiger partial charge in [-0.1, -0.05) is 24.3 Å². The van der Waals surface area contributed by atoms with E-state index in [0.717, 1.165) is 22.5 Å². The van der Waals surface area contributed by atoms with Gasteiger partial charge in [-0.05, 0) is 35.4 Å². The van der Waals surface area contributed by atoms with E-state index in [1.54, 1.807) is 0 Å². The second kappa shape index (κ2) is 7.40. The Morgan fingerprint density at radius 1 is 1.04 bits per heavy atom. The van der Waals surface area contributed by atoms with Gasteiger partial charge in [-0.15, -0.1) is 13.2 Å². The molecule has 0 fully saturated rings. The van der Waals surface area contributed by atoms with Gasteiger partial charge in [0.25, 0.3) is 0 Å². The first-order valence-electron chi connectivity index (χ1n) is 7.08. The maximum absolute atomic E-state index is 13.1. The molecule has 2 aromatic rings. The average molecular weight is 377 g/mol. The van der Waals surface area contributed by atoms with Gasteiger partial charge in [-0.3, -0.25) is 0 Å². The summed E-state index contributed by atoms with van der Waals surface area (Å²) in [7, 11) is -2.37. The molecule has 0 aliphatic rings. The maximum Gasteiger partial charge on any atom is 0.573 e. The predicted molar refractivity (Wildman–Crippen MR) is 83.6 cm³/mol. The van der Waals surface area contributed by atoms with Crippen molar-refractivity contribution in [3.05, 3.63) is 65.5 Å². The second-order valence-electron chi connectivity index (χ2n) is 5.33. The van der Waals surface area contributed by atoms with Crippen LogP contribution in [0.4, 0.5) is 17.6 Å². The van der Waals surface area contributed by atoms with Crippen LogP contribution in [-0.2, 0) is 22.3 Å². The highest BCUT2D eigenvalue weighted by Gasteiger charge is 2.31. The monoisotopic (exact) mass is 377 g/mol. The summed E-state index contributed by atoms with van der Waals surface area (Å²) < 4.78 is 78.9. The zero-order chi connectivity index (χ0) is 18.7. The number of benzene rings is 2. The van der Waals surface area contributed by atoms with Crippen LogP contribution in [0.2, 0.25) is 0 Å². The highest BCUT2D eigenvalue weighted by molar-refractivity contribution is 7.88. The first kappa shape index (κ1) is 19.2. The molecule has 0 atom stereocenters. The van der Waals surface area contributed by atoms with Crippen LogP contribution in [0, 0.1) is 5.82 Å². The van der Waals surface area contributed by atoms with Gasteiger partial charge in [-0.25, -0.2) is 17.1 Å². The van der Waals surface area contributed by atoms with E-state index in [9.17, 15) is 26.0 Å². The minimum atomic E-state index is -4.79. The van der Waals surface area contributed by atoms with E-state index < -0.39 is 22.2 Å². The number of ether oxygens (including phenoxy) is 1. The lowest BCUT2D eigenvalue weighted by Crippen LogP contribution is -2.27. The lowest BCUT2D eigenvalue weighted by molar-refractivity contribution is -0.274. The molecule has 0 N–H and O–H groups in total. The minimum Gasteiger partial charge on any atom is -0.406 e. The Labute approximate surface area is 142 Å². The molecule has 0 spiro atoms. The van der Waals surface area contributed by atoms with Crippen molar-refractivity contribution in [3.63, 3.8) is 0 Å². The lowest BCUT2D eigenvalue weighted by Gasteiger charge is -2.17. The summed E-state index contributed by atoms with van der Waals surface area (Å²) in [6, 6.07) is 10.2. The van der Waals surface area contributed by atoms with Crippen molar-refractivity contribution >= 4 is 10.0 Å². The van der Waals surface area contributed by atoms with Gasteiger partial charge in [0.2, 0.25) is 10.0 Å². The largest absolute Gasteiger partial charge is 0.573 e.